The van der Waals surface area contributed by atoms with Crippen molar-refractivity contribution in [2.75, 3.05) is 19.0 Å². The molecule has 118 valence electrons. The maximum Gasteiger partial charge on any atom is 0.291 e. The summed E-state index contributed by atoms with van der Waals surface area (Å²) in [7, 11) is 1.60. The molecule has 23 heavy (non-hydrogen) atoms. The van der Waals surface area contributed by atoms with Crippen LogP contribution in [-0.2, 0) is 0 Å². The molecule has 0 atom stereocenters. The van der Waals surface area contributed by atoms with Crippen LogP contribution in [0.4, 0.5) is 5.69 Å². The lowest BCUT2D eigenvalue weighted by atomic mass is 10.2. The van der Waals surface area contributed by atoms with E-state index in [1.54, 1.807) is 37.4 Å². The molecule has 0 aliphatic heterocycles. The van der Waals surface area contributed by atoms with E-state index in [0.717, 1.165) is 11.1 Å². The molecule has 0 bridgehead atoms. The van der Waals surface area contributed by atoms with Crippen LogP contribution in [0.2, 0.25) is 0 Å². The van der Waals surface area contributed by atoms with Gasteiger partial charge in [-0.1, -0.05) is 12.1 Å². The Kier molecular flexibility index (Phi) is 4.19. The number of methoxy groups -OCH3 is 1. The van der Waals surface area contributed by atoms with Crippen molar-refractivity contribution in [3.8, 4) is 11.5 Å². The molecule has 3 rings (SSSR count). The van der Waals surface area contributed by atoms with Gasteiger partial charge >= 0.3 is 0 Å². The van der Waals surface area contributed by atoms with Crippen molar-refractivity contribution in [2.45, 2.75) is 6.92 Å². The fraction of sp³-hybridized carbons (Fsp3) is 0.167. The largest absolute Gasteiger partial charge is 0.497 e. The van der Waals surface area contributed by atoms with E-state index in [2.05, 4.69) is 5.32 Å². The summed E-state index contributed by atoms with van der Waals surface area (Å²) in [5.74, 6) is 1.29. The first-order chi connectivity index (χ1) is 11.2. The van der Waals surface area contributed by atoms with E-state index >= 15 is 0 Å². The third-order valence-electron chi connectivity index (χ3n) is 3.38. The second kappa shape index (κ2) is 6.44. The van der Waals surface area contributed by atoms with Gasteiger partial charge in [-0.3, -0.25) is 4.79 Å². The van der Waals surface area contributed by atoms with Gasteiger partial charge < -0.3 is 19.2 Å². The average Bonchev–Trinajstić information content (AvgIpc) is 3.01. The van der Waals surface area contributed by atoms with E-state index in [1.807, 2.05) is 25.1 Å². The number of benzene rings is 2. The molecule has 0 radical (unpaired) electrons. The molecular formula is C18H17NO4. The Morgan fingerprint density at radius 1 is 1.17 bits per heavy atom. The normalized spacial score (nSPS) is 10.5. The average molecular weight is 311 g/mol. The minimum atomic E-state index is -0.311. The standard InChI is InChI=1S/C18H17NO4/c1-3-22-15-6-4-5-12-11-16(23-17(12)15)18(20)19-13-7-9-14(21-2)10-8-13/h4-11H,3H2,1-2H3,(H,19,20). The Bertz CT molecular complexity index is 821. The van der Waals surface area contributed by atoms with Crippen LogP contribution in [0, 0.1) is 0 Å². The molecule has 1 aromatic heterocycles. The lowest BCUT2D eigenvalue weighted by molar-refractivity contribution is 0.0998. The number of ether oxygens (including phenoxy) is 2. The van der Waals surface area contributed by atoms with E-state index in [-0.39, 0.29) is 11.7 Å². The van der Waals surface area contributed by atoms with Gasteiger partial charge in [0.25, 0.3) is 5.91 Å². The molecule has 0 saturated heterocycles. The molecule has 0 fully saturated rings. The molecule has 2 aromatic carbocycles. The van der Waals surface area contributed by atoms with Crippen molar-refractivity contribution in [2.24, 2.45) is 0 Å². The number of carbonyl (C=O) groups excluding carboxylic acids is 1. The first-order valence-electron chi connectivity index (χ1n) is 7.32. The molecule has 0 unspecified atom stereocenters. The van der Waals surface area contributed by atoms with E-state index in [0.29, 0.717) is 23.6 Å². The van der Waals surface area contributed by atoms with Crippen molar-refractivity contribution in [3.63, 3.8) is 0 Å². The fourth-order valence-electron chi connectivity index (χ4n) is 2.28. The molecule has 0 saturated carbocycles. The minimum absolute atomic E-state index is 0.239. The summed E-state index contributed by atoms with van der Waals surface area (Å²) in [6.45, 7) is 2.44. The summed E-state index contributed by atoms with van der Waals surface area (Å²) in [5, 5.41) is 3.62. The number of fused-ring (bicyclic) bond motifs is 1. The first kappa shape index (κ1) is 15.0. The Balaban J connectivity index is 1.84. The number of carbonyl (C=O) groups is 1. The van der Waals surface area contributed by atoms with Crippen LogP contribution < -0.4 is 14.8 Å². The lowest BCUT2D eigenvalue weighted by Crippen LogP contribution is -2.10. The van der Waals surface area contributed by atoms with E-state index in [4.69, 9.17) is 13.9 Å². The number of hydrogen-bond donors (Lipinski definition) is 1. The third kappa shape index (κ3) is 3.13. The molecule has 1 N–H and O–H groups in total. The number of hydrogen-bond acceptors (Lipinski definition) is 4. The van der Waals surface area contributed by atoms with Crippen LogP contribution in [0.1, 0.15) is 17.5 Å². The van der Waals surface area contributed by atoms with Crippen LogP contribution in [-0.4, -0.2) is 19.6 Å². The zero-order valence-electron chi connectivity index (χ0n) is 13.0. The highest BCUT2D eigenvalue weighted by molar-refractivity contribution is 6.05. The van der Waals surface area contributed by atoms with Crippen molar-refractivity contribution in [1.82, 2.24) is 0 Å². The topological polar surface area (TPSA) is 60.7 Å². The zero-order chi connectivity index (χ0) is 16.2. The third-order valence-corrected chi connectivity index (χ3v) is 3.38. The SMILES string of the molecule is CCOc1cccc2cc(C(=O)Nc3ccc(OC)cc3)oc12. The molecule has 0 aliphatic carbocycles. The second-order valence-electron chi connectivity index (χ2n) is 4.90. The number of amides is 1. The zero-order valence-corrected chi connectivity index (χ0v) is 13.0. The number of nitrogens with one attached hydrogen (secondary N) is 1. The van der Waals surface area contributed by atoms with Crippen LogP contribution in [0.5, 0.6) is 11.5 Å². The van der Waals surface area contributed by atoms with Crippen LogP contribution in [0.15, 0.2) is 52.9 Å². The number of furan rings is 1. The summed E-state index contributed by atoms with van der Waals surface area (Å²) in [4.78, 5) is 12.3. The molecule has 0 spiro atoms. The fourth-order valence-corrected chi connectivity index (χ4v) is 2.28. The van der Waals surface area contributed by atoms with Gasteiger partial charge in [-0.05, 0) is 43.3 Å². The van der Waals surface area contributed by atoms with Gasteiger partial charge in [0.1, 0.15) is 5.75 Å². The van der Waals surface area contributed by atoms with Gasteiger partial charge in [0.15, 0.2) is 17.1 Å². The highest BCUT2D eigenvalue weighted by Gasteiger charge is 2.15. The van der Waals surface area contributed by atoms with Crippen molar-refractivity contribution < 1.29 is 18.7 Å². The Hall–Kier alpha value is -2.95. The summed E-state index contributed by atoms with van der Waals surface area (Å²) in [6, 6.07) is 14.4. The Morgan fingerprint density at radius 3 is 2.65 bits per heavy atom. The molecule has 1 amide bonds. The minimum Gasteiger partial charge on any atom is -0.497 e. The smallest absolute Gasteiger partial charge is 0.291 e. The number of anilines is 1. The highest BCUT2D eigenvalue weighted by Crippen LogP contribution is 2.29. The van der Waals surface area contributed by atoms with Crippen molar-refractivity contribution in [3.05, 3.63) is 54.3 Å². The van der Waals surface area contributed by atoms with Crippen LogP contribution in [0.3, 0.4) is 0 Å². The van der Waals surface area contributed by atoms with Gasteiger partial charge in [0.2, 0.25) is 0 Å². The second-order valence-corrected chi connectivity index (χ2v) is 4.90. The summed E-state index contributed by atoms with van der Waals surface area (Å²) < 4.78 is 16.3. The van der Waals surface area contributed by atoms with Crippen molar-refractivity contribution >= 4 is 22.6 Å². The van der Waals surface area contributed by atoms with Gasteiger partial charge in [-0.2, -0.15) is 0 Å². The van der Waals surface area contributed by atoms with Crippen LogP contribution in [0.25, 0.3) is 11.0 Å². The monoisotopic (exact) mass is 311 g/mol. The van der Waals surface area contributed by atoms with Crippen molar-refractivity contribution in [1.29, 1.82) is 0 Å². The molecular weight excluding hydrogens is 294 g/mol. The summed E-state index contributed by atoms with van der Waals surface area (Å²) in [6.07, 6.45) is 0. The van der Waals surface area contributed by atoms with E-state index in [9.17, 15) is 4.79 Å². The van der Waals surface area contributed by atoms with Gasteiger partial charge in [-0.15, -0.1) is 0 Å². The molecule has 3 aromatic rings. The molecule has 5 nitrogen and oxygen atoms in total. The van der Waals surface area contributed by atoms with E-state index < -0.39 is 0 Å². The van der Waals surface area contributed by atoms with Gasteiger partial charge in [-0.25, -0.2) is 0 Å². The van der Waals surface area contributed by atoms with Crippen LogP contribution >= 0.6 is 0 Å². The molecule has 5 heteroatoms. The number of rotatable bonds is 5. The quantitative estimate of drug-likeness (QED) is 0.771. The molecule has 1 heterocycles. The first-order valence-corrected chi connectivity index (χ1v) is 7.32. The maximum absolute atomic E-state index is 12.3. The lowest BCUT2D eigenvalue weighted by Gasteiger charge is -2.04. The van der Waals surface area contributed by atoms with E-state index in [1.165, 1.54) is 0 Å². The maximum atomic E-state index is 12.3. The molecule has 0 aliphatic rings. The Morgan fingerprint density at radius 2 is 1.96 bits per heavy atom. The highest BCUT2D eigenvalue weighted by atomic mass is 16.5. The Labute approximate surface area is 133 Å². The summed E-state index contributed by atoms with van der Waals surface area (Å²) in [5.41, 5.74) is 1.25. The van der Waals surface area contributed by atoms with Gasteiger partial charge in [0.05, 0.1) is 13.7 Å². The summed E-state index contributed by atoms with van der Waals surface area (Å²) >= 11 is 0. The number of para-hydroxylation sites is 1. The van der Waals surface area contributed by atoms with Gasteiger partial charge in [0, 0.05) is 11.1 Å². The predicted octanol–water partition coefficient (Wildman–Crippen LogP) is 4.09. The predicted molar refractivity (Wildman–Crippen MR) is 88.3 cm³/mol.